The average Bonchev–Trinajstić information content (AvgIpc) is 2.70. The van der Waals surface area contributed by atoms with Crippen LogP contribution in [0.2, 0.25) is 0 Å². The molecule has 0 aliphatic rings. The van der Waals surface area contributed by atoms with Crippen molar-refractivity contribution in [3.05, 3.63) is 56.5 Å². The summed E-state index contributed by atoms with van der Waals surface area (Å²) in [7, 11) is 1.61. The molecule has 6 heteroatoms. The number of nitrogens with one attached hydrogen (secondary N) is 1. The van der Waals surface area contributed by atoms with Crippen LogP contribution in [0.3, 0.4) is 0 Å². The summed E-state index contributed by atoms with van der Waals surface area (Å²) in [5.74, 6) is -0.648. The molecule has 1 N–H and O–H groups in total. The lowest BCUT2D eigenvalue weighted by atomic mass is 9.96. The summed E-state index contributed by atoms with van der Waals surface area (Å²) in [6.07, 6.45) is -4.49. The average molecular weight is 317 g/mol. The highest BCUT2D eigenvalue weighted by atomic mass is 32.1. The number of aryl methyl sites for hydroxylation is 2. The van der Waals surface area contributed by atoms with Gasteiger partial charge in [-0.2, -0.15) is 13.2 Å². The van der Waals surface area contributed by atoms with Gasteiger partial charge in [0.1, 0.15) is 5.82 Å². The number of alkyl halides is 3. The quantitative estimate of drug-likeness (QED) is 0.799. The Labute approximate surface area is 124 Å². The van der Waals surface area contributed by atoms with Gasteiger partial charge in [-0.05, 0) is 50.7 Å². The van der Waals surface area contributed by atoms with Crippen molar-refractivity contribution in [2.24, 2.45) is 0 Å². The van der Waals surface area contributed by atoms with E-state index in [4.69, 9.17) is 0 Å². The number of hydrogen-bond acceptors (Lipinski definition) is 2. The van der Waals surface area contributed by atoms with Crippen LogP contribution in [0.1, 0.15) is 32.5 Å². The second-order valence-corrected chi connectivity index (χ2v) is 6.28. The van der Waals surface area contributed by atoms with E-state index in [2.05, 4.69) is 5.32 Å². The van der Waals surface area contributed by atoms with E-state index in [9.17, 15) is 17.6 Å². The van der Waals surface area contributed by atoms with Crippen molar-refractivity contribution in [3.63, 3.8) is 0 Å². The summed E-state index contributed by atoms with van der Waals surface area (Å²) in [5.41, 5.74) is -0.0322. The Kier molecular flexibility index (Phi) is 4.39. The molecular formula is C15H15F4NS. The number of halogens is 4. The molecule has 0 saturated heterocycles. The van der Waals surface area contributed by atoms with Crippen molar-refractivity contribution < 1.29 is 17.6 Å². The topological polar surface area (TPSA) is 12.0 Å². The molecule has 1 nitrogen and oxygen atoms in total. The molecule has 1 unspecified atom stereocenters. The first-order chi connectivity index (χ1) is 9.74. The van der Waals surface area contributed by atoms with Crippen LogP contribution < -0.4 is 5.32 Å². The fourth-order valence-electron chi connectivity index (χ4n) is 2.36. The van der Waals surface area contributed by atoms with E-state index in [0.717, 1.165) is 33.5 Å². The van der Waals surface area contributed by atoms with Gasteiger partial charge in [0.2, 0.25) is 0 Å². The van der Waals surface area contributed by atoms with Gasteiger partial charge in [-0.1, -0.05) is 0 Å². The molecule has 21 heavy (non-hydrogen) atoms. The van der Waals surface area contributed by atoms with Crippen LogP contribution >= 0.6 is 11.3 Å². The van der Waals surface area contributed by atoms with Gasteiger partial charge in [0, 0.05) is 15.3 Å². The van der Waals surface area contributed by atoms with Crippen molar-refractivity contribution in [2.75, 3.05) is 7.05 Å². The van der Waals surface area contributed by atoms with E-state index < -0.39 is 23.6 Å². The van der Waals surface area contributed by atoms with Gasteiger partial charge in [-0.15, -0.1) is 11.3 Å². The van der Waals surface area contributed by atoms with Gasteiger partial charge in [0.15, 0.2) is 0 Å². The summed E-state index contributed by atoms with van der Waals surface area (Å²) in [6, 6.07) is 3.79. The van der Waals surface area contributed by atoms with Gasteiger partial charge >= 0.3 is 6.18 Å². The molecule has 0 aliphatic heterocycles. The maximum absolute atomic E-state index is 14.0. The zero-order chi connectivity index (χ0) is 15.8. The minimum Gasteiger partial charge on any atom is -0.309 e. The van der Waals surface area contributed by atoms with Crippen molar-refractivity contribution >= 4 is 11.3 Å². The van der Waals surface area contributed by atoms with Crippen LogP contribution in [-0.4, -0.2) is 7.05 Å². The lowest BCUT2D eigenvalue weighted by Crippen LogP contribution is -2.20. The Morgan fingerprint density at radius 3 is 2.24 bits per heavy atom. The zero-order valence-corrected chi connectivity index (χ0v) is 12.6. The molecule has 2 aromatic rings. The number of hydrogen-bond donors (Lipinski definition) is 1. The molecule has 0 saturated carbocycles. The highest BCUT2D eigenvalue weighted by Gasteiger charge is 2.32. The Morgan fingerprint density at radius 2 is 1.76 bits per heavy atom. The van der Waals surface area contributed by atoms with Crippen molar-refractivity contribution in [3.8, 4) is 0 Å². The number of rotatable bonds is 3. The van der Waals surface area contributed by atoms with Crippen molar-refractivity contribution in [1.29, 1.82) is 0 Å². The maximum Gasteiger partial charge on any atom is 0.416 e. The highest BCUT2D eigenvalue weighted by molar-refractivity contribution is 7.12. The van der Waals surface area contributed by atoms with E-state index in [-0.39, 0.29) is 5.56 Å². The van der Waals surface area contributed by atoms with E-state index in [0.29, 0.717) is 0 Å². The van der Waals surface area contributed by atoms with Crippen LogP contribution in [0.15, 0.2) is 24.3 Å². The highest BCUT2D eigenvalue weighted by Crippen LogP contribution is 2.35. The van der Waals surface area contributed by atoms with Crippen LogP contribution in [0, 0.1) is 19.7 Å². The molecule has 0 bridgehead atoms. The second-order valence-electron chi connectivity index (χ2n) is 4.82. The van der Waals surface area contributed by atoms with Gasteiger partial charge in [-0.25, -0.2) is 4.39 Å². The molecule has 1 aromatic carbocycles. The largest absolute Gasteiger partial charge is 0.416 e. The summed E-state index contributed by atoms with van der Waals surface area (Å²) in [6.45, 7) is 3.79. The minimum absolute atomic E-state index is 0.00762. The molecule has 0 amide bonds. The molecule has 114 valence electrons. The summed E-state index contributed by atoms with van der Waals surface area (Å²) in [4.78, 5) is 2.00. The normalized spacial score (nSPS) is 13.5. The van der Waals surface area contributed by atoms with E-state index >= 15 is 0 Å². The third-order valence-corrected chi connectivity index (χ3v) is 4.30. The van der Waals surface area contributed by atoms with Crippen molar-refractivity contribution in [1.82, 2.24) is 5.32 Å². The molecule has 1 heterocycles. The first kappa shape index (κ1) is 16.0. The predicted octanol–water partition coefficient (Wildman–Crippen LogP) is 4.83. The number of benzene rings is 1. The fraction of sp³-hybridized carbons (Fsp3) is 0.333. The lowest BCUT2D eigenvalue weighted by molar-refractivity contribution is -0.137. The second kappa shape index (κ2) is 5.77. The molecule has 0 aliphatic carbocycles. The standard InChI is InChI=1S/C15H15F4NS/c1-8-6-11(9(2)21-8)14(20-3)12-7-10(15(17,18)19)4-5-13(12)16/h4-7,14,20H,1-3H3. The molecule has 0 spiro atoms. The molecule has 0 fully saturated rings. The third-order valence-electron chi connectivity index (χ3n) is 3.31. The third kappa shape index (κ3) is 3.27. The van der Waals surface area contributed by atoms with Gasteiger partial charge in [0.05, 0.1) is 11.6 Å². The predicted molar refractivity (Wildman–Crippen MR) is 76.1 cm³/mol. The summed E-state index contributed by atoms with van der Waals surface area (Å²) in [5, 5.41) is 2.91. The van der Waals surface area contributed by atoms with Crippen LogP contribution in [0.5, 0.6) is 0 Å². The van der Waals surface area contributed by atoms with Gasteiger partial charge in [0.25, 0.3) is 0 Å². The zero-order valence-electron chi connectivity index (χ0n) is 11.8. The summed E-state index contributed by atoms with van der Waals surface area (Å²) >= 11 is 1.54. The minimum atomic E-state index is -4.49. The summed E-state index contributed by atoms with van der Waals surface area (Å²) < 4.78 is 52.5. The Morgan fingerprint density at radius 1 is 1.10 bits per heavy atom. The smallest absolute Gasteiger partial charge is 0.309 e. The Hall–Kier alpha value is -1.40. The first-order valence-corrected chi connectivity index (χ1v) is 7.16. The van der Waals surface area contributed by atoms with Gasteiger partial charge in [-0.3, -0.25) is 0 Å². The molecule has 1 aromatic heterocycles. The molecule has 2 rings (SSSR count). The molecular weight excluding hydrogens is 302 g/mol. The Bertz CT molecular complexity index is 646. The number of thiophene rings is 1. The molecule has 1 atom stereocenters. The van der Waals surface area contributed by atoms with E-state index in [1.807, 2.05) is 19.9 Å². The molecule has 0 radical (unpaired) electrons. The van der Waals surface area contributed by atoms with E-state index in [1.165, 1.54) is 11.3 Å². The van der Waals surface area contributed by atoms with Gasteiger partial charge < -0.3 is 5.32 Å². The monoisotopic (exact) mass is 317 g/mol. The first-order valence-electron chi connectivity index (χ1n) is 6.35. The Balaban J connectivity index is 2.54. The van der Waals surface area contributed by atoms with Crippen LogP contribution in [-0.2, 0) is 6.18 Å². The lowest BCUT2D eigenvalue weighted by Gasteiger charge is -2.19. The maximum atomic E-state index is 14.0. The van der Waals surface area contributed by atoms with Crippen molar-refractivity contribution in [2.45, 2.75) is 26.1 Å². The van der Waals surface area contributed by atoms with Crippen LogP contribution in [0.4, 0.5) is 17.6 Å². The fourth-order valence-corrected chi connectivity index (χ4v) is 3.32. The van der Waals surface area contributed by atoms with Crippen LogP contribution in [0.25, 0.3) is 0 Å². The van der Waals surface area contributed by atoms with E-state index in [1.54, 1.807) is 7.05 Å². The SMILES string of the molecule is CNC(c1cc(C(F)(F)F)ccc1F)c1cc(C)sc1C.